The molecule has 0 aliphatic heterocycles. The van der Waals surface area contributed by atoms with E-state index >= 15 is 0 Å². The van der Waals surface area contributed by atoms with E-state index in [2.05, 4.69) is 48.4 Å². The minimum atomic E-state index is -0.0767. The molecular weight excluding hydrogens is 389 g/mol. The highest BCUT2D eigenvalue weighted by atomic mass is 127. The van der Waals surface area contributed by atoms with Gasteiger partial charge >= 0.3 is 0 Å². The number of benzene rings is 1. The summed E-state index contributed by atoms with van der Waals surface area (Å²) in [6.07, 6.45) is 4.51. The summed E-state index contributed by atoms with van der Waals surface area (Å²) < 4.78 is 5.54. The summed E-state index contributed by atoms with van der Waals surface area (Å²) in [5.74, 6) is 1.04. The van der Waals surface area contributed by atoms with Gasteiger partial charge in [0.25, 0.3) is 0 Å². The molecule has 0 saturated heterocycles. The van der Waals surface area contributed by atoms with E-state index in [0.717, 1.165) is 24.9 Å². The van der Waals surface area contributed by atoms with Crippen molar-refractivity contribution in [2.24, 2.45) is 10.7 Å². The largest absolute Gasteiger partial charge is 0.376 e. The fourth-order valence-electron chi connectivity index (χ4n) is 2.55. The molecule has 1 unspecified atom stereocenters. The summed E-state index contributed by atoms with van der Waals surface area (Å²) in [6, 6.07) is 8.40. The Kier molecular flexibility index (Phi) is 7.62. The Labute approximate surface area is 150 Å². The quantitative estimate of drug-likeness (QED) is 0.416. The SMILES string of the molecule is CCC(C)c1ccc(NC(N)=NCC2(OC)CCC2)cc1.I. The van der Waals surface area contributed by atoms with Gasteiger partial charge in [-0.25, -0.2) is 0 Å². The van der Waals surface area contributed by atoms with Crippen LogP contribution in [0.3, 0.4) is 0 Å². The van der Waals surface area contributed by atoms with Crippen LogP contribution >= 0.6 is 24.0 Å². The van der Waals surface area contributed by atoms with E-state index in [-0.39, 0.29) is 29.6 Å². The zero-order valence-electron chi connectivity index (χ0n) is 13.8. The molecule has 0 radical (unpaired) electrons. The smallest absolute Gasteiger partial charge is 0.193 e. The molecule has 3 N–H and O–H groups in total. The van der Waals surface area contributed by atoms with Crippen LogP contribution in [0, 0.1) is 0 Å². The van der Waals surface area contributed by atoms with Crippen molar-refractivity contribution in [1.82, 2.24) is 0 Å². The lowest BCUT2D eigenvalue weighted by atomic mass is 9.80. The van der Waals surface area contributed by atoms with E-state index in [4.69, 9.17) is 10.5 Å². The van der Waals surface area contributed by atoms with Crippen LogP contribution in [0.2, 0.25) is 0 Å². The predicted molar refractivity (Wildman–Crippen MR) is 104 cm³/mol. The van der Waals surface area contributed by atoms with Crippen molar-refractivity contribution in [3.05, 3.63) is 29.8 Å². The van der Waals surface area contributed by atoms with Gasteiger partial charge in [-0.05, 0) is 49.3 Å². The van der Waals surface area contributed by atoms with Gasteiger partial charge < -0.3 is 15.8 Å². The second kappa shape index (κ2) is 8.72. The van der Waals surface area contributed by atoms with Crippen LogP contribution in [0.15, 0.2) is 29.3 Å². The lowest BCUT2D eigenvalue weighted by molar-refractivity contribution is -0.0629. The lowest BCUT2D eigenvalue weighted by Gasteiger charge is -2.39. The summed E-state index contributed by atoms with van der Waals surface area (Å²) in [4.78, 5) is 4.42. The van der Waals surface area contributed by atoms with Crippen LogP contribution in [0.25, 0.3) is 0 Å². The standard InChI is InChI=1S/C17H27N3O.HI/c1-4-13(2)14-6-8-15(9-7-14)20-16(18)19-12-17(21-3)10-5-11-17;/h6-9,13H,4-5,10-12H2,1-3H3,(H3,18,19,20);1H. The van der Waals surface area contributed by atoms with E-state index in [1.807, 2.05) is 0 Å². The summed E-state index contributed by atoms with van der Waals surface area (Å²) in [6.45, 7) is 5.07. The molecule has 0 amide bonds. The van der Waals surface area contributed by atoms with Gasteiger partial charge in [0.1, 0.15) is 0 Å². The Morgan fingerprint density at radius 1 is 1.36 bits per heavy atom. The molecule has 1 aliphatic carbocycles. The van der Waals surface area contributed by atoms with Crippen LogP contribution in [0.4, 0.5) is 5.69 Å². The molecule has 1 aliphatic rings. The van der Waals surface area contributed by atoms with Crippen LogP contribution in [-0.2, 0) is 4.74 Å². The minimum Gasteiger partial charge on any atom is -0.376 e. The number of halogens is 1. The number of nitrogens with zero attached hydrogens (tertiary/aromatic N) is 1. The van der Waals surface area contributed by atoms with Crippen molar-refractivity contribution in [1.29, 1.82) is 0 Å². The van der Waals surface area contributed by atoms with Gasteiger partial charge in [0.2, 0.25) is 0 Å². The first-order valence-electron chi connectivity index (χ1n) is 7.80. The van der Waals surface area contributed by atoms with Gasteiger partial charge in [-0.2, -0.15) is 0 Å². The predicted octanol–water partition coefficient (Wildman–Crippen LogP) is 4.11. The summed E-state index contributed by atoms with van der Waals surface area (Å²) in [5.41, 5.74) is 8.21. The van der Waals surface area contributed by atoms with Crippen molar-refractivity contribution < 1.29 is 4.74 Å². The van der Waals surface area contributed by atoms with Crippen molar-refractivity contribution >= 4 is 35.6 Å². The van der Waals surface area contributed by atoms with E-state index < -0.39 is 0 Å². The number of hydrogen-bond acceptors (Lipinski definition) is 2. The molecule has 124 valence electrons. The maximum absolute atomic E-state index is 5.95. The minimum absolute atomic E-state index is 0. The fraction of sp³-hybridized carbons (Fsp3) is 0.588. The number of rotatable bonds is 6. The number of ether oxygens (including phenoxy) is 1. The number of guanidine groups is 1. The molecule has 0 spiro atoms. The first-order valence-corrected chi connectivity index (χ1v) is 7.80. The molecule has 1 aromatic rings. The molecule has 1 aromatic carbocycles. The van der Waals surface area contributed by atoms with Gasteiger partial charge in [-0.1, -0.05) is 26.0 Å². The number of hydrogen-bond donors (Lipinski definition) is 2. The third kappa shape index (κ3) is 4.84. The first-order chi connectivity index (χ1) is 10.1. The summed E-state index contributed by atoms with van der Waals surface area (Å²) in [7, 11) is 1.76. The van der Waals surface area contributed by atoms with Gasteiger partial charge in [-0.3, -0.25) is 4.99 Å². The van der Waals surface area contributed by atoms with Crippen LogP contribution < -0.4 is 11.1 Å². The first kappa shape index (κ1) is 19.2. The molecule has 22 heavy (non-hydrogen) atoms. The third-order valence-electron chi connectivity index (χ3n) is 4.60. The highest BCUT2D eigenvalue weighted by Crippen LogP contribution is 2.35. The highest BCUT2D eigenvalue weighted by molar-refractivity contribution is 14.0. The van der Waals surface area contributed by atoms with Gasteiger partial charge in [0.05, 0.1) is 12.1 Å². The zero-order valence-corrected chi connectivity index (χ0v) is 16.1. The average Bonchev–Trinajstić information content (AvgIpc) is 2.46. The van der Waals surface area contributed by atoms with Crippen molar-refractivity contribution in [3.63, 3.8) is 0 Å². The molecule has 1 atom stereocenters. The molecule has 2 rings (SSSR count). The number of nitrogens with two attached hydrogens (primary N) is 1. The van der Waals surface area contributed by atoms with Gasteiger partial charge in [0, 0.05) is 12.8 Å². The van der Waals surface area contributed by atoms with Gasteiger partial charge in [0.15, 0.2) is 5.96 Å². The van der Waals surface area contributed by atoms with E-state index in [0.29, 0.717) is 18.4 Å². The normalized spacial score (nSPS) is 18.0. The van der Waals surface area contributed by atoms with Crippen LogP contribution in [-0.4, -0.2) is 25.2 Å². The van der Waals surface area contributed by atoms with Crippen molar-refractivity contribution in [2.75, 3.05) is 19.0 Å². The van der Waals surface area contributed by atoms with E-state index in [9.17, 15) is 0 Å². The second-order valence-electron chi connectivity index (χ2n) is 6.00. The molecule has 0 bridgehead atoms. The maximum atomic E-state index is 5.95. The molecular formula is C17H28IN3O. The van der Waals surface area contributed by atoms with Crippen molar-refractivity contribution in [2.45, 2.75) is 51.0 Å². The molecule has 5 heteroatoms. The van der Waals surface area contributed by atoms with Crippen LogP contribution in [0.5, 0.6) is 0 Å². The Hall–Kier alpha value is -0.820. The Balaban J connectivity index is 0.00000242. The summed E-state index contributed by atoms with van der Waals surface area (Å²) in [5, 5.41) is 3.14. The summed E-state index contributed by atoms with van der Waals surface area (Å²) >= 11 is 0. The molecule has 1 fully saturated rings. The Morgan fingerprint density at radius 2 is 2.00 bits per heavy atom. The van der Waals surface area contributed by atoms with Crippen LogP contribution in [0.1, 0.15) is 51.0 Å². The average molecular weight is 417 g/mol. The zero-order chi connectivity index (χ0) is 15.3. The number of aliphatic imine (C=N–C) groups is 1. The molecule has 1 saturated carbocycles. The topological polar surface area (TPSA) is 59.6 Å². The molecule has 0 aromatic heterocycles. The third-order valence-corrected chi connectivity index (χ3v) is 4.60. The van der Waals surface area contributed by atoms with E-state index in [1.165, 1.54) is 12.0 Å². The lowest BCUT2D eigenvalue weighted by Crippen LogP contribution is -2.43. The molecule has 4 nitrogen and oxygen atoms in total. The van der Waals surface area contributed by atoms with Gasteiger partial charge in [-0.15, -0.1) is 24.0 Å². The monoisotopic (exact) mass is 417 g/mol. The maximum Gasteiger partial charge on any atom is 0.193 e. The second-order valence-corrected chi connectivity index (χ2v) is 6.00. The number of methoxy groups -OCH3 is 1. The number of nitrogens with one attached hydrogen (secondary N) is 1. The van der Waals surface area contributed by atoms with Crippen molar-refractivity contribution in [3.8, 4) is 0 Å². The Bertz CT molecular complexity index is 478. The fourth-order valence-corrected chi connectivity index (χ4v) is 2.55. The number of anilines is 1. The Morgan fingerprint density at radius 3 is 2.45 bits per heavy atom. The highest BCUT2D eigenvalue weighted by Gasteiger charge is 2.36. The molecule has 0 heterocycles. The van der Waals surface area contributed by atoms with E-state index in [1.54, 1.807) is 7.11 Å².